The Balaban J connectivity index is 1.62. The highest BCUT2D eigenvalue weighted by atomic mass is 19.1. The van der Waals surface area contributed by atoms with E-state index in [9.17, 15) is 4.39 Å². The highest BCUT2D eigenvalue weighted by Crippen LogP contribution is 2.30. The second kappa shape index (κ2) is 7.82. The van der Waals surface area contributed by atoms with Crippen LogP contribution >= 0.6 is 0 Å². The lowest BCUT2D eigenvalue weighted by Gasteiger charge is -2.09. The Bertz CT molecular complexity index is 1090. The number of rotatable bonds is 4. The van der Waals surface area contributed by atoms with Crippen molar-refractivity contribution < 1.29 is 4.39 Å². The van der Waals surface area contributed by atoms with Crippen molar-refractivity contribution in [3.8, 4) is 33.4 Å². The first-order valence-electron chi connectivity index (χ1n) is 9.70. The van der Waals surface area contributed by atoms with Crippen LogP contribution in [0.15, 0.2) is 91.0 Å². The van der Waals surface area contributed by atoms with Crippen LogP contribution in [-0.4, -0.2) is 0 Å². The van der Waals surface area contributed by atoms with Gasteiger partial charge in [-0.1, -0.05) is 97.4 Å². The number of aryl methyl sites for hydroxylation is 2. The van der Waals surface area contributed by atoms with Crippen molar-refractivity contribution in [3.05, 3.63) is 108 Å². The predicted molar refractivity (Wildman–Crippen MR) is 117 cm³/mol. The van der Waals surface area contributed by atoms with E-state index in [1.807, 2.05) is 43.3 Å². The lowest BCUT2D eigenvalue weighted by atomic mass is 9.96. The Morgan fingerprint density at radius 2 is 1.18 bits per heavy atom. The van der Waals surface area contributed by atoms with Crippen molar-refractivity contribution in [1.29, 1.82) is 0 Å². The lowest BCUT2D eigenvalue weighted by molar-refractivity contribution is 0.632. The summed E-state index contributed by atoms with van der Waals surface area (Å²) in [6, 6.07) is 30.4. The molecule has 138 valence electrons. The van der Waals surface area contributed by atoms with Crippen molar-refractivity contribution in [2.45, 2.75) is 20.3 Å². The first kappa shape index (κ1) is 18.2. The van der Waals surface area contributed by atoms with Gasteiger partial charge in [-0.3, -0.25) is 0 Å². The molecule has 0 atom stereocenters. The molecule has 0 nitrogen and oxygen atoms in total. The molecule has 0 spiro atoms. The summed E-state index contributed by atoms with van der Waals surface area (Å²) in [6.07, 6.45) is 1.03. The molecule has 4 rings (SSSR count). The van der Waals surface area contributed by atoms with Gasteiger partial charge in [0.1, 0.15) is 5.82 Å². The van der Waals surface area contributed by atoms with Gasteiger partial charge in [0.25, 0.3) is 0 Å². The van der Waals surface area contributed by atoms with Crippen LogP contribution in [0.25, 0.3) is 33.4 Å². The smallest absolute Gasteiger partial charge is 0.131 e. The zero-order valence-electron chi connectivity index (χ0n) is 16.2. The molecule has 4 aromatic carbocycles. The second-order valence-corrected chi connectivity index (χ2v) is 7.19. The van der Waals surface area contributed by atoms with E-state index in [0.29, 0.717) is 5.56 Å². The first-order chi connectivity index (χ1) is 13.6. The van der Waals surface area contributed by atoms with Gasteiger partial charge in [0.15, 0.2) is 0 Å². The van der Waals surface area contributed by atoms with Gasteiger partial charge in [-0.15, -0.1) is 0 Å². The largest absolute Gasteiger partial charge is 0.206 e. The van der Waals surface area contributed by atoms with Gasteiger partial charge in [-0.05, 0) is 52.8 Å². The Morgan fingerprint density at radius 1 is 0.607 bits per heavy atom. The number of benzene rings is 4. The number of hydrogen-bond acceptors (Lipinski definition) is 0. The van der Waals surface area contributed by atoms with Crippen molar-refractivity contribution in [1.82, 2.24) is 0 Å². The van der Waals surface area contributed by atoms with Gasteiger partial charge < -0.3 is 0 Å². The molecule has 0 unspecified atom stereocenters. The van der Waals surface area contributed by atoms with E-state index in [2.05, 4.69) is 55.5 Å². The molecule has 0 fully saturated rings. The van der Waals surface area contributed by atoms with Crippen LogP contribution < -0.4 is 0 Å². The minimum absolute atomic E-state index is 0.193. The summed E-state index contributed by atoms with van der Waals surface area (Å²) >= 11 is 0. The summed E-state index contributed by atoms with van der Waals surface area (Å²) in [4.78, 5) is 0. The average Bonchev–Trinajstić information content (AvgIpc) is 2.74. The van der Waals surface area contributed by atoms with E-state index in [0.717, 1.165) is 23.1 Å². The summed E-state index contributed by atoms with van der Waals surface area (Å²) in [6.45, 7) is 4.20. The third-order valence-corrected chi connectivity index (χ3v) is 5.22. The molecule has 0 aliphatic heterocycles. The fraction of sp³-hybridized carbons (Fsp3) is 0.111. The first-order valence-corrected chi connectivity index (χ1v) is 9.70. The summed E-state index contributed by atoms with van der Waals surface area (Å²) in [5.41, 5.74) is 8.34. The molecule has 0 heterocycles. The van der Waals surface area contributed by atoms with E-state index in [1.54, 1.807) is 6.07 Å². The molecule has 0 amide bonds. The zero-order chi connectivity index (χ0) is 19.5. The Kier molecular flexibility index (Phi) is 5.08. The van der Waals surface area contributed by atoms with Crippen LogP contribution in [0.4, 0.5) is 4.39 Å². The van der Waals surface area contributed by atoms with Crippen LogP contribution in [0.3, 0.4) is 0 Å². The van der Waals surface area contributed by atoms with Crippen LogP contribution in [0.5, 0.6) is 0 Å². The van der Waals surface area contributed by atoms with Gasteiger partial charge in [-0.2, -0.15) is 0 Å². The topological polar surface area (TPSA) is 0 Å². The molecule has 0 aliphatic carbocycles. The summed E-state index contributed by atoms with van der Waals surface area (Å²) in [5.74, 6) is -0.193. The molecule has 0 aromatic heterocycles. The molecule has 0 saturated heterocycles. The van der Waals surface area contributed by atoms with Gasteiger partial charge >= 0.3 is 0 Å². The quantitative estimate of drug-likeness (QED) is 0.347. The highest BCUT2D eigenvalue weighted by molar-refractivity contribution is 5.74. The third-order valence-electron chi connectivity index (χ3n) is 5.22. The van der Waals surface area contributed by atoms with Crippen LogP contribution in [-0.2, 0) is 6.42 Å². The van der Waals surface area contributed by atoms with Crippen LogP contribution in [0.2, 0.25) is 0 Å². The normalized spacial score (nSPS) is 10.8. The number of hydrogen-bond donors (Lipinski definition) is 0. The van der Waals surface area contributed by atoms with Crippen LogP contribution in [0, 0.1) is 12.7 Å². The lowest BCUT2D eigenvalue weighted by Crippen LogP contribution is -1.87. The monoisotopic (exact) mass is 366 g/mol. The SMILES string of the molecule is CCc1cccc(-c2ccc(-c3ccc(-c4ccc(C)cc4)c(F)c3)cc2)c1. The highest BCUT2D eigenvalue weighted by Gasteiger charge is 2.08. The van der Waals surface area contributed by atoms with Crippen LogP contribution in [0.1, 0.15) is 18.1 Å². The Morgan fingerprint density at radius 3 is 1.79 bits per heavy atom. The second-order valence-electron chi connectivity index (χ2n) is 7.19. The summed E-state index contributed by atoms with van der Waals surface area (Å²) in [7, 11) is 0. The molecular formula is C27H23F. The molecular weight excluding hydrogens is 343 g/mol. The molecule has 0 saturated carbocycles. The Hall–Kier alpha value is -3.19. The molecule has 0 aliphatic rings. The predicted octanol–water partition coefficient (Wildman–Crippen LogP) is 7.70. The summed E-state index contributed by atoms with van der Waals surface area (Å²) in [5, 5.41) is 0. The van der Waals surface area contributed by atoms with E-state index in [-0.39, 0.29) is 5.82 Å². The van der Waals surface area contributed by atoms with Gasteiger partial charge in [-0.25, -0.2) is 4.39 Å². The number of halogens is 1. The van der Waals surface area contributed by atoms with E-state index in [1.165, 1.54) is 22.3 Å². The fourth-order valence-corrected chi connectivity index (χ4v) is 3.49. The summed E-state index contributed by atoms with van der Waals surface area (Å²) < 4.78 is 14.7. The van der Waals surface area contributed by atoms with Gasteiger partial charge in [0, 0.05) is 5.56 Å². The van der Waals surface area contributed by atoms with Gasteiger partial charge in [0.2, 0.25) is 0 Å². The standard InChI is InChI=1S/C27H23F/c1-3-20-5-4-6-24(17-20)21-11-13-22(14-12-21)25-15-16-26(27(28)18-25)23-9-7-19(2)8-10-23/h4-18H,3H2,1-2H3. The van der Waals surface area contributed by atoms with Crippen molar-refractivity contribution in [2.24, 2.45) is 0 Å². The molecule has 28 heavy (non-hydrogen) atoms. The zero-order valence-corrected chi connectivity index (χ0v) is 16.2. The maximum atomic E-state index is 14.7. The molecule has 0 radical (unpaired) electrons. The maximum Gasteiger partial charge on any atom is 0.131 e. The van der Waals surface area contributed by atoms with E-state index in [4.69, 9.17) is 0 Å². The third kappa shape index (κ3) is 3.75. The maximum absolute atomic E-state index is 14.7. The van der Waals surface area contributed by atoms with Crippen molar-refractivity contribution in [3.63, 3.8) is 0 Å². The minimum atomic E-state index is -0.193. The molecule has 0 bridgehead atoms. The van der Waals surface area contributed by atoms with Gasteiger partial charge in [0.05, 0.1) is 0 Å². The van der Waals surface area contributed by atoms with Crippen molar-refractivity contribution >= 4 is 0 Å². The Labute approximate surface area is 166 Å². The van der Waals surface area contributed by atoms with Crippen molar-refractivity contribution in [2.75, 3.05) is 0 Å². The average molecular weight is 366 g/mol. The van der Waals surface area contributed by atoms with E-state index < -0.39 is 0 Å². The minimum Gasteiger partial charge on any atom is -0.206 e. The fourth-order valence-electron chi connectivity index (χ4n) is 3.49. The molecule has 0 N–H and O–H groups in total. The molecule has 4 aromatic rings. The molecule has 1 heteroatoms. The van der Waals surface area contributed by atoms with E-state index >= 15 is 0 Å².